The van der Waals surface area contributed by atoms with E-state index in [0.29, 0.717) is 6.04 Å². The van der Waals surface area contributed by atoms with Crippen molar-refractivity contribution in [1.29, 1.82) is 0 Å². The summed E-state index contributed by atoms with van der Waals surface area (Å²) in [7, 11) is 0. The van der Waals surface area contributed by atoms with Crippen LogP contribution in [0.25, 0.3) is 0 Å². The molecule has 3 atom stereocenters. The van der Waals surface area contributed by atoms with Gasteiger partial charge in [0.1, 0.15) is 0 Å². The molecule has 0 radical (unpaired) electrons. The smallest absolute Gasteiger partial charge is 0.0693 e. The average Bonchev–Trinajstić information content (AvgIpc) is 2.09. The van der Waals surface area contributed by atoms with Gasteiger partial charge in [-0.3, -0.25) is 0 Å². The zero-order valence-corrected chi connectivity index (χ0v) is 8.37. The molecule has 78 valence electrons. The lowest BCUT2D eigenvalue weighted by Gasteiger charge is -2.31. The Morgan fingerprint density at radius 1 is 1.38 bits per heavy atom. The van der Waals surface area contributed by atoms with E-state index in [1.165, 1.54) is 6.42 Å². The molecule has 3 heteroatoms. The zero-order chi connectivity index (χ0) is 9.68. The molecular formula is C10H21NO2. The van der Waals surface area contributed by atoms with E-state index in [9.17, 15) is 5.11 Å². The standard InChI is InChI=1S/C10H21NO2/c1-8(6-7-12)11-9-4-2-3-5-10(9)13/h8-13H,2-7H2,1H3. The number of rotatable bonds is 4. The lowest BCUT2D eigenvalue weighted by atomic mass is 9.92. The molecule has 0 aliphatic heterocycles. The number of aliphatic hydroxyl groups is 2. The minimum Gasteiger partial charge on any atom is -0.396 e. The number of nitrogens with one attached hydrogen (secondary N) is 1. The fourth-order valence-corrected chi connectivity index (χ4v) is 1.95. The van der Waals surface area contributed by atoms with Crippen LogP contribution in [0.4, 0.5) is 0 Å². The summed E-state index contributed by atoms with van der Waals surface area (Å²) in [6.45, 7) is 2.27. The maximum Gasteiger partial charge on any atom is 0.0693 e. The molecule has 0 aromatic carbocycles. The van der Waals surface area contributed by atoms with Crippen LogP contribution in [-0.2, 0) is 0 Å². The summed E-state index contributed by atoms with van der Waals surface area (Å²) >= 11 is 0. The van der Waals surface area contributed by atoms with Gasteiger partial charge in [-0.2, -0.15) is 0 Å². The van der Waals surface area contributed by atoms with Gasteiger partial charge in [-0.25, -0.2) is 0 Å². The summed E-state index contributed by atoms with van der Waals surface area (Å²) in [6, 6.07) is 0.554. The third kappa shape index (κ3) is 3.63. The van der Waals surface area contributed by atoms with E-state index in [4.69, 9.17) is 5.11 Å². The third-order valence-corrected chi connectivity index (χ3v) is 2.79. The number of aliphatic hydroxyl groups excluding tert-OH is 2. The summed E-state index contributed by atoms with van der Waals surface area (Å²) in [6.07, 6.45) is 4.92. The van der Waals surface area contributed by atoms with Crippen molar-refractivity contribution in [2.45, 2.75) is 57.2 Å². The molecule has 1 fully saturated rings. The van der Waals surface area contributed by atoms with Crippen LogP contribution in [-0.4, -0.2) is 35.0 Å². The van der Waals surface area contributed by atoms with Gasteiger partial charge in [0.15, 0.2) is 0 Å². The monoisotopic (exact) mass is 187 g/mol. The molecule has 1 aliphatic rings. The normalized spacial score (nSPS) is 31.6. The van der Waals surface area contributed by atoms with Crippen LogP contribution < -0.4 is 5.32 Å². The summed E-state index contributed by atoms with van der Waals surface area (Å²) < 4.78 is 0. The van der Waals surface area contributed by atoms with Crippen LogP contribution in [0.5, 0.6) is 0 Å². The van der Waals surface area contributed by atoms with E-state index in [1.807, 2.05) is 0 Å². The first kappa shape index (κ1) is 11.0. The zero-order valence-electron chi connectivity index (χ0n) is 8.37. The van der Waals surface area contributed by atoms with E-state index in [-0.39, 0.29) is 18.8 Å². The van der Waals surface area contributed by atoms with Gasteiger partial charge in [0.25, 0.3) is 0 Å². The highest BCUT2D eigenvalue weighted by Crippen LogP contribution is 2.18. The van der Waals surface area contributed by atoms with Crippen LogP contribution in [0.1, 0.15) is 39.0 Å². The molecule has 0 aromatic heterocycles. The van der Waals surface area contributed by atoms with Crippen molar-refractivity contribution >= 4 is 0 Å². The molecule has 0 amide bonds. The summed E-state index contributed by atoms with van der Waals surface area (Å²) in [5, 5.41) is 21.8. The number of hydrogen-bond donors (Lipinski definition) is 3. The number of hydrogen-bond acceptors (Lipinski definition) is 3. The Labute approximate surface area is 80.2 Å². The minimum atomic E-state index is -0.185. The second-order valence-electron chi connectivity index (χ2n) is 4.04. The van der Waals surface area contributed by atoms with Gasteiger partial charge in [-0.05, 0) is 26.2 Å². The largest absolute Gasteiger partial charge is 0.396 e. The van der Waals surface area contributed by atoms with E-state index in [2.05, 4.69) is 12.2 Å². The first-order chi connectivity index (χ1) is 6.24. The Kier molecular flexibility index (Phi) is 4.70. The summed E-state index contributed by atoms with van der Waals surface area (Å²) in [4.78, 5) is 0. The molecule has 0 spiro atoms. The molecule has 3 nitrogen and oxygen atoms in total. The quantitative estimate of drug-likeness (QED) is 0.605. The fraction of sp³-hybridized carbons (Fsp3) is 1.00. The van der Waals surface area contributed by atoms with Crippen molar-refractivity contribution in [3.63, 3.8) is 0 Å². The first-order valence-electron chi connectivity index (χ1n) is 5.29. The van der Waals surface area contributed by atoms with Crippen molar-refractivity contribution in [3.8, 4) is 0 Å². The van der Waals surface area contributed by atoms with Gasteiger partial charge in [0.05, 0.1) is 6.10 Å². The van der Waals surface area contributed by atoms with E-state index in [1.54, 1.807) is 0 Å². The van der Waals surface area contributed by atoms with E-state index < -0.39 is 0 Å². The highest BCUT2D eigenvalue weighted by molar-refractivity contribution is 4.82. The maximum atomic E-state index is 9.66. The van der Waals surface area contributed by atoms with Crippen LogP contribution in [0.2, 0.25) is 0 Å². The molecule has 13 heavy (non-hydrogen) atoms. The first-order valence-corrected chi connectivity index (χ1v) is 5.29. The van der Waals surface area contributed by atoms with E-state index >= 15 is 0 Å². The van der Waals surface area contributed by atoms with Gasteiger partial charge < -0.3 is 15.5 Å². The van der Waals surface area contributed by atoms with Gasteiger partial charge in [0.2, 0.25) is 0 Å². The maximum absolute atomic E-state index is 9.66. The second-order valence-corrected chi connectivity index (χ2v) is 4.04. The molecular weight excluding hydrogens is 166 g/mol. The topological polar surface area (TPSA) is 52.5 Å². The summed E-state index contributed by atoms with van der Waals surface area (Å²) in [5.74, 6) is 0. The van der Waals surface area contributed by atoms with Gasteiger partial charge in [-0.15, -0.1) is 0 Å². The van der Waals surface area contributed by atoms with Crippen molar-refractivity contribution < 1.29 is 10.2 Å². The van der Waals surface area contributed by atoms with Crippen LogP contribution >= 0.6 is 0 Å². The Balaban J connectivity index is 2.25. The predicted octanol–water partition coefficient (Wildman–Crippen LogP) is 0.650. The molecule has 0 aromatic rings. The molecule has 0 bridgehead atoms. The second kappa shape index (κ2) is 5.58. The highest BCUT2D eigenvalue weighted by atomic mass is 16.3. The fourth-order valence-electron chi connectivity index (χ4n) is 1.95. The highest BCUT2D eigenvalue weighted by Gasteiger charge is 2.23. The Bertz CT molecular complexity index is 141. The Morgan fingerprint density at radius 3 is 2.69 bits per heavy atom. The lowest BCUT2D eigenvalue weighted by Crippen LogP contribution is -2.46. The van der Waals surface area contributed by atoms with Crippen LogP contribution in [0, 0.1) is 0 Å². The average molecular weight is 187 g/mol. The van der Waals surface area contributed by atoms with Crippen LogP contribution in [0.3, 0.4) is 0 Å². The van der Waals surface area contributed by atoms with Crippen molar-refractivity contribution in [3.05, 3.63) is 0 Å². The molecule has 1 rings (SSSR count). The van der Waals surface area contributed by atoms with Crippen molar-refractivity contribution in [1.82, 2.24) is 5.32 Å². The predicted molar refractivity (Wildman–Crippen MR) is 52.6 cm³/mol. The minimum absolute atomic E-state index is 0.185. The summed E-state index contributed by atoms with van der Waals surface area (Å²) in [5.41, 5.74) is 0. The third-order valence-electron chi connectivity index (χ3n) is 2.79. The lowest BCUT2D eigenvalue weighted by molar-refractivity contribution is 0.0837. The molecule has 0 saturated heterocycles. The van der Waals surface area contributed by atoms with Gasteiger partial charge in [0, 0.05) is 18.7 Å². The molecule has 3 unspecified atom stereocenters. The van der Waals surface area contributed by atoms with Crippen LogP contribution in [0.15, 0.2) is 0 Å². The van der Waals surface area contributed by atoms with Gasteiger partial charge >= 0.3 is 0 Å². The molecule has 1 aliphatic carbocycles. The Hall–Kier alpha value is -0.120. The SMILES string of the molecule is CC(CCO)NC1CCCCC1O. The molecule has 3 N–H and O–H groups in total. The van der Waals surface area contributed by atoms with Crippen molar-refractivity contribution in [2.75, 3.05) is 6.61 Å². The van der Waals surface area contributed by atoms with Gasteiger partial charge in [-0.1, -0.05) is 12.8 Å². The van der Waals surface area contributed by atoms with E-state index in [0.717, 1.165) is 25.7 Å². The Morgan fingerprint density at radius 2 is 2.08 bits per heavy atom. The van der Waals surface area contributed by atoms with Crippen molar-refractivity contribution in [2.24, 2.45) is 0 Å². The molecule has 0 heterocycles. The molecule has 1 saturated carbocycles.